The van der Waals surface area contributed by atoms with Crippen molar-refractivity contribution in [3.05, 3.63) is 11.1 Å². The Hall–Kier alpha value is -0.0100. The van der Waals surface area contributed by atoms with Crippen molar-refractivity contribution in [2.24, 2.45) is 0 Å². The van der Waals surface area contributed by atoms with E-state index in [0.717, 1.165) is 12.2 Å². The quantitative estimate of drug-likeness (QED) is 0.575. The number of halogens is 1. The Labute approximate surface area is 55.3 Å². The van der Waals surface area contributed by atoms with Gasteiger partial charge in [-0.1, -0.05) is 11.6 Å². The second kappa shape index (κ2) is 5.13. The molecule has 2 heteroatoms. The summed E-state index contributed by atoms with van der Waals surface area (Å²) in [6.07, 6.45) is 0. The van der Waals surface area contributed by atoms with E-state index in [0.29, 0.717) is 6.61 Å². The minimum Gasteiger partial charge on any atom is -0.377 e. The van der Waals surface area contributed by atoms with Gasteiger partial charge in [-0.2, -0.15) is 0 Å². The van der Waals surface area contributed by atoms with E-state index in [2.05, 4.69) is 0 Å². The SMILES string of the molecule is CCOC/C(C)=C/Cl. The van der Waals surface area contributed by atoms with Crippen molar-refractivity contribution in [2.45, 2.75) is 13.8 Å². The van der Waals surface area contributed by atoms with E-state index in [9.17, 15) is 0 Å². The van der Waals surface area contributed by atoms with Crippen LogP contribution in [-0.2, 0) is 4.74 Å². The molecule has 0 spiro atoms. The Morgan fingerprint density at radius 1 is 1.75 bits per heavy atom. The summed E-state index contributed by atoms with van der Waals surface area (Å²) in [7, 11) is 0. The first-order valence-corrected chi connectivity index (χ1v) is 3.08. The lowest BCUT2D eigenvalue weighted by atomic mass is 10.4. The molecule has 0 aromatic rings. The molecule has 0 aromatic carbocycles. The summed E-state index contributed by atoms with van der Waals surface area (Å²) >= 11 is 5.35. The molecule has 0 fully saturated rings. The maximum Gasteiger partial charge on any atom is 0.0685 e. The standard InChI is InChI=1S/C6H11ClO/c1-3-8-5-6(2)4-7/h4H,3,5H2,1-2H3/b6-4+. The average Bonchev–Trinajstić information content (AvgIpc) is 1.83. The minimum atomic E-state index is 0.653. The maximum atomic E-state index is 5.35. The molecule has 0 radical (unpaired) electrons. The lowest BCUT2D eigenvalue weighted by Crippen LogP contribution is -1.92. The van der Waals surface area contributed by atoms with Gasteiger partial charge in [-0.05, 0) is 19.4 Å². The fraction of sp³-hybridized carbons (Fsp3) is 0.667. The molecule has 48 valence electrons. The van der Waals surface area contributed by atoms with E-state index in [1.54, 1.807) is 0 Å². The first-order chi connectivity index (χ1) is 3.81. The molecule has 0 amide bonds. The van der Waals surface area contributed by atoms with Crippen LogP contribution in [0.3, 0.4) is 0 Å². The van der Waals surface area contributed by atoms with Crippen molar-refractivity contribution in [1.29, 1.82) is 0 Å². The van der Waals surface area contributed by atoms with Crippen LogP contribution in [0.5, 0.6) is 0 Å². The predicted molar refractivity (Wildman–Crippen MR) is 36.1 cm³/mol. The summed E-state index contributed by atoms with van der Waals surface area (Å²) in [4.78, 5) is 0. The largest absolute Gasteiger partial charge is 0.377 e. The number of rotatable bonds is 3. The lowest BCUT2D eigenvalue weighted by Gasteiger charge is -1.96. The molecule has 0 heterocycles. The van der Waals surface area contributed by atoms with Gasteiger partial charge in [-0.25, -0.2) is 0 Å². The highest BCUT2D eigenvalue weighted by molar-refractivity contribution is 6.25. The van der Waals surface area contributed by atoms with Crippen molar-refractivity contribution in [1.82, 2.24) is 0 Å². The van der Waals surface area contributed by atoms with Gasteiger partial charge < -0.3 is 4.74 Å². The third-order valence-corrected chi connectivity index (χ3v) is 1.09. The number of hydrogen-bond acceptors (Lipinski definition) is 1. The molecular formula is C6H11ClO. The smallest absolute Gasteiger partial charge is 0.0685 e. The zero-order valence-electron chi connectivity index (χ0n) is 5.28. The van der Waals surface area contributed by atoms with Crippen molar-refractivity contribution in [2.75, 3.05) is 13.2 Å². The van der Waals surface area contributed by atoms with Crippen LogP contribution in [0, 0.1) is 0 Å². The summed E-state index contributed by atoms with van der Waals surface area (Å²) < 4.78 is 5.03. The van der Waals surface area contributed by atoms with Crippen molar-refractivity contribution in [3.8, 4) is 0 Å². The summed E-state index contributed by atoms with van der Waals surface area (Å²) in [5.74, 6) is 0. The van der Waals surface area contributed by atoms with Crippen LogP contribution in [0.4, 0.5) is 0 Å². The maximum absolute atomic E-state index is 5.35. The summed E-state index contributed by atoms with van der Waals surface area (Å²) in [5, 5.41) is 0. The molecule has 0 atom stereocenters. The molecule has 8 heavy (non-hydrogen) atoms. The Bertz CT molecular complexity index is 78.6. The molecule has 0 bridgehead atoms. The zero-order valence-corrected chi connectivity index (χ0v) is 6.03. The number of ether oxygens (including phenoxy) is 1. The second-order valence-electron chi connectivity index (χ2n) is 1.59. The van der Waals surface area contributed by atoms with Gasteiger partial charge in [-0.15, -0.1) is 0 Å². The minimum absolute atomic E-state index is 0.653. The normalized spacial score (nSPS) is 12.1. The van der Waals surface area contributed by atoms with Crippen LogP contribution in [0.15, 0.2) is 11.1 Å². The molecule has 0 saturated heterocycles. The Balaban J connectivity index is 3.12. The average molecular weight is 135 g/mol. The Morgan fingerprint density at radius 3 is 2.75 bits per heavy atom. The molecular weight excluding hydrogens is 124 g/mol. The van der Waals surface area contributed by atoms with E-state index in [4.69, 9.17) is 16.3 Å². The Morgan fingerprint density at radius 2 is 2.38 bits per heavy atom. The molecule has 0 aliphatic heterocycles. The van der Waals surface area contributed by atoms with E-state index < -0.39 is 0 Å². The van der Waals surface area contributed by atoms with Gasteiger partial charge in [-0.3, -0.25) is 0 Å². The third kappa shape index (κ3) is 4.16. The highest BCUT2D eigenvalue weighted by Crippen LogP contribution is 1.94. The zero-order chi connectivity index (χ0) is 6.41. The molecule has 0 aliphatic rings. The topological polar surface area (TPSA) is 9.23 Å². The van der Waals surface area contributed by atoms with E-state index >= 15 is 0 Å². The van der Waals surface area contributed by atoms with Crippen LogP contribution in [-0.4, -0.2) is 13.2 Å². The van der Waals surface area contributed by atoms with Crippen LogP contribution in [0.25, 0.3) is 0 Å². The van der Waals surface area contributed by atoms with E-state index in [1.807, 2.05) is 13.8 Å². The third-order valence-electron chi connectivity index (χ3n) is 0.720. The van der Waals surface area contributed by atoms with Gasteiger partial charge in [0.15, 0.2) is 0 Å². The molecule has 0 aliphatic carbocycles. The van der Waals surface area contributed by atoms with Crippen LogP contribution >= 0.6 is 11.6 Å². The highest BCUT2D eigenvalue weighted by atomic mass is 35.5. The molecule has 0 aromatic heterocycles. The molecule has 1 nitrogen and oxygen atoms in total. The summed E-state index contributed by atoms with van der Waals surface area (Å²) in [5.41, 5.74) is 2.60. The fourth-order valence-corrected chi connectivity index (χ4v) is 0.358. The predicted octanol–water partition coefficient (Wildman–Crippen LogP) is 2.17. The van der Waals surface area contributed by atoms with Crippen LogP contribution in [0.2, 0.25) is 0 Å². The number of hydrogen-bond donors (Lipinski definition) is 0. The van der Waals surface area contributed by atoms with Crippen LogP contribution in [0.1, 0.15) is 13.8 Å². The van der Waals surface area contributed by atoms with Gasteiger partial charge >= 0.3 is 0 Å². The Kier molecular flexibility index (Phi) is 5.13. The van der Waals surface area contributed by atoms with Gasteiger partial charge in [0, 0.05) is 12.1 Å². The highest BCUT2D eigenvalue weighted by Gasteiger charge is 1.83. The van der Waals surface area contributed by atoms with Crippen LogP contribution < -0.4 is 0 Å². The van der Waals surface area contributed by atoms with Gasteiger partial charge in [0.2, 0.25) is 0 Å². The molecule has 0 N–H and O–H groups in total. The summed E-state index contributed by atoms with van der Waals surface area (Å²) in [6, 6.07) is 0. The van der Waals surface area contributed by atoms with Gasteiger partial charge in [0.1, 0.15) is 0 Å². The van der Waals surface area contributed by atoms with Crippen molar-refractivity contribution < 1.29 is 4.74 Å². The molecule has 0 rings (SSSR count). The second-order valence-corrected chi connectivity index (χ2v) is 1.81. The van der Waals surface area contributed by atoms with Crippen molar-refractivity contribution in [3.63, 3.8) is 0 Å². The van der Waals surface area contributed by atoms with Crippen molar-refractivity contribution >= 4 is 11.6 Å². The lowest BCUT2D eigenvalue weighted by molar-refractivity contribution is 0.171. The van der Waals surface area contributed by atoms with Gasteiger partial charge in [0.25, 0.3) is 0 Å². The van der Waals surface area contributed by atoms with Gasteiger partial charge in [0.05, 0.1) is 6.61 Å². The molecule has 0 saturated carbocycles. The molecule has 0 unspecified atom stereocenters. The monoisotopic (exact) mass is 134 g/mol. The summed E-state index contributed by atoms with van der Waals surface area (Å²) in [6.45, 7) is 5.30. The van der Waals surface area contributed by atoms with E-state index in [-0.39, 0.29) is 0 Å². The van der Waals surface area contributed by atoms with E-state index in [1.165, 1.54) is 5.54 Å². The first-order valence-electron chi connectivity index (χ1n) is 2.64. The fourth-order valence-electron chi connectivity index (χ4n) is 0.295. The first kappa shape index (κ1) is 7.99.